The van der Waals surface area contributed by atoms with E-state index < -0.39 is 78.2 Å². The van der Waals surface area contributed by atoms with E-state index in [2.05, 4.69) is 16.0 Å². The average molecular weight is 638 g/mol. The van der Waals surface area contributed by atoms with Crippen LogP contribution >= 0.6 is 0 Å². The van der Waals surface area contributed by atoms with Gasteiger partial charge in [-0.1, -0.05) is 0 Å². The number of amides is 6. The first-order valence-electron chi connectivity index (χ1n) is 13.5. The number of aliphatic carboxylic acids is 1. The number of rotatable bonds is 25. The largest absolute Gasteiger partial charge is 0.762 e. The van der Waals surface area contributed by atoms with Crippen molar-refractivity contribution in [1.29, 1.82) is 0 Å². The summed E-state index contributed by atoms with van der Waals surface area (Å²) in [5.41, 5.74) is 5.41. The molecule has 0 aliphatic carbocycles. The van der Waals surface area contributed by atoms with E-state index in [1.807, 2.05) is 10.6 Å². The molecule has 0 aromatic carbocycles. The van der Waals surface area contributed by atoms with Gasteiger partial charge in [-0.25, -0.2) is 9.86 Å². The highest BCUT2D eigenvalue weighted by molar-refractivity contribution is 5.97. The summed E-state index contributed by atoms with van der Waals surface area (Å²) in [5, 5.41) is 68.4. The molecule has 44 heavy (non-hydrogen) atoms. The van der Waals surface area contributed by atoms with Crippen molar-refractivity contribution in [3.05, 3.63) is 5.21 Å². The molecular formula is C23H41N8O13-. The Bertz CT molecular complexity index is 942. The van der Waals surface area contributed by atoms with E-state index in [0.29, 0.717) is 24.4 Å². The van der Waals surface area contributed by atoms with Crippen LogP contribution in [-0.2, 0) is 33.6 Å². The maximum Gasteiger partial charge on any atom is 0.335 e. The van der Waals surface area contributed by atoms with Gasteiger partial charge >= 0.3 is 5.97 Å². The Balaban J connectivity index is 5.71. The third kappa shape index (κ3) is 16.0. The summed E-state index contributed by atoms with van der Waals surface area (Å²) in [5.74, 6) is -6.37. The van der Waals surface area contributed by atoms with Crippen molar-refractivity contribution in [2.45, 2.75) is 68.8 Å². The number of nitrogens with one attached hydrogen (secondary N) is 5. The van der Waals surface area contributed by atoms with Crippen LogP contribution in [0, 0.1) is 5.21 Å². The number of nitrogens with two attached hydrogens (primary N) is 1. The van der Waals surface area contributed by atoms with Gasteiger partial charge in [-0.2, -0.15) is 0 Å². The fourth-order valence-corrected chi connectivity index (χ4v) is 3.60. The highest BCUT2D eigenvalue weighted by Crippen LogP contribution is 2.04. The molecule has 252 valence electrons. The van der Waals surface area contributed by atoms with Crippen molar-refractivity contribution in [3.8, 4) is 0 Å². The van der Waals surface area contributed by atoms with E-state index in [9.17, 15) is 59.3 Å². The zero-order valence-electron chi connectivity index (χ0n) is 23.8. The molecule has 21 heteroatoms. The van der Waals surface area contributed by atoms with Crippen molar-refractivity contribution in [2.75, 3.05) is 32.8 Å². The van der Waals surface area contributed by atoms with Crippen LogP contribution in [0.25, 0.3) is 0 Å². The van der Waals surface area contributed by atoms with Gasteiger partial charge in [-0.05, 0) is 45.1 Å². The van der Waals surface area contributed by atoms with E-state index in [1.165, 1.54) is 0 Å². The Labute approximate surface area is 251 Å². The molecule has 0 saturated heterocycles. The van der Waals surface area contributed by atoms with Crippen LogP contribution in [-0.4, -0.2) is 141 Å². The number of unbranched alkanes of at least 4 members (excludes halogenated alkanes) is 1. The normalized spacial score (nSPS) is 14.2. The lowest BCUT2D eigenvalue weighted by molar-refractivity contribution is -0.152. The third-order valence-corrected chi connectivity index (χ3v) is 5.96. The highest BCUT2D eigenvalue weighted by atomic mass is 16.8. The molecule has 0 saturated carbocycles. The molecular weight excluding hydrogens is 596 g/mol. The van der Waals surface area contributed by atoms with E-state index in [1.54, 1.807) is 0 Å². The van der Waals surface area contributed by atoms with Crippen LogP contribution < -0.4 is 32.3 Å². The molecule has 6 amide bonds. The molecule has 12 N–H and O–H groups in total. The lowest BCUT2D eigenvalue weighted by Crippen LogP contribution is -2.62. The van der Waals surface area contributed by atoms with Crippen molar-refractivity contribution in [2.24, 2.45) is 5.73 Å². The Kier molecular flexibility index (Phi) is 20.5. The first-order chi connectivity index (χ1) is 20.8. The van der Waals surface area contributed by atoms with Crippen LogP contribution in [0.3, 0.4) is 0 Å². The number of hydroxylamine groups is 4. The number of carbonyl (C=O) groups excluding carboxylic acids is 6. The quantitative estimate of drug-likeness (QED) is 0.0192. The van der Waals surface area contributed by atoms with E-state index in [4.69, 9.17) is 10.9 Å². The van der Waals surface area contributed by atoms with Crippen molar-refractivity contribution < 1.29 is 59.3 Å². The summed E-state index contributed by atoms with van der Waals surface area (Å²) in [7, 11) is 0. The van der Waals surface area contributed by atoms with Gasteiger partial charge in [0.15, 0.2) is 6.10 Å². The molecule has 0 spiro atoms. The van der Waals surface area contributed by atoms with Gasteiger partial charge in [0.25, 0.3) is 0 Å². The molecule has 0 radical (unpaired) electrons. The number of carbonyl (C=O) groups is 7. The Morgan fingerprint density at radius 1 is 0.818 bits per heavy atom. The fraction of sp³-hybridized carbons (Fsp3) is 0.696. The maximum absolute atomic E-state index is 12.9. The molecule has 0 heterocycles. The molecule has 5 atom stereocenters. The van der Waals surface area contributed by atoms with Gasteiger partial charge in [-0.15, -0.1) is 0 Å². The lowest BCUT2D eigenvalue weighted by atomic mass is 10.1. The SMILES string of the molecule is NCCCCNC(=O)C(CCCN(O)C=O)NC(=O)C(CO)NC(=O)C(NC(=O)C(CCCN([O-])O)NC=O)C(O)C(=O)O. The van der Waals surface area contributed by atoms with Crippen LogP contribution in [0.15, 0.2) is 0 Å². The minimum Gasteiger partial charge on any atom is -0.762 e. The molecule has 0 fully saturated rings. The van der Waals surface area contributed by atoms with Crippen molar-refractivity contribution >= 4 is 42.4 Å². The van der Waals surface area contributed by atoms with Gasteiger partial charge < -0.3 is 58.1 Å². The molecule has 0 aromatic heterocycles. The number of nitrogens with zero attached hydrogens (tertiary/aromatic N) is 2. The second-order valence-corrected chi connectivity index (χ2v) is 9.33. The zero-order valence-corrected chi connectivity index (χ0v) is 23.8. The van der Waals surface area contributed by atoms with E-state index in [-0.39, 0.29) is 51.6 Å². The summed E-state index contributed by atoms with van der Waals surface area (Å²) in [6.07, 6.45) is -1.66. The standard InChI is InChI=1S/C23H41N8O13/c24-7-1-2-8-25-19(36)15(6-3-9-30(42)13-34)27-21(38)16(11-32)28-22(39)17(18(35)23(40)41)29-20(37)14(26-12-33)5-4-10-31(43)44/h12-18,32,35,42-43H,1-11,24H2,(H,25,36)(H,26,33)(H,27,38)(H,28,39)(H,29,37)(H,40,41)/q-1. The van der Waals surface area contributed by atoms with Crippen LogP contribution in [0.5, 0.6) is 0 Å². The minimum atomic E-state index is -2.57. The monoisotopic (exact) mass is 637 g/mol. The predicted octanol–water partition coefficient (Wildman–Crippen LogP) is -5.55. The number of hydrogen-bond donors (Lipinski definition) is 11. The molecule has 21 nitrogen and oxygen atoms in total. The van der Waals surface area contributed by atoms with Gasteiger partial charge in [0.1, 0.15) is 24.2 Å². The third-order valence-electron chi connectivity index (χ3n) is 5.96. The maximum atomic E-state index is 12.9. The Hall–Kier alpha value is -3.99. The summed E-state index contributed by atoms with van der Waals surface area (Å²) >= 11 is 0. The molecule has 5 unspecified atom stereocenters. The second-order valence-electron chi connectivity index (χ2n) is 9.33. The van der Waals surface area contributed by atoms with Crippen LogP contribution in [0.4, 0.5) is 0 Å². The van der Waals surface area contributed by atoms with Crippen molar-refractivity contribution in [3.63, 3.8) is 0 Å². The van der Waals surface area contributed by atoms with Gasteiger partial charge in [-0.3, -0.25) is 39.2 Å². The Morgan fingerprint density at radius 3 is 1.95 bits per heavy atom. The fourth-order valence-electron chi connectivity index (χ4n) is 3.60. The lowest BCUT2D eigenvalue weighted by Gasteiger charge is -2.27. The van der Waals surface area contributed by atoms with Gasteiger partial charge in [0.2, 0.25) is 36.4 Å². The number of aliphatic hydroxyl groups is 2. The molecule has 0 aliphatic rings. The van der Waals surface area contributed by atoms with Crippen LogP contribution in [0.2, 0.25) is 0 Å². The molecule has 0 aliphatic heterocycles. The second kappa shape index (κ2) is 22.5. The Morgan fingerprint density at radius 2 is 1.41 bits per heavy atom. The predicted molar refractivity (Wildman–Crippen MR) is 146 cm³/mol. The molecule has 0 aromatic rings. The minimum absolute atomic E-state index is 0.0343. The van der Waals surface area contributed by atoms with Crippen molar-refractivity contribution in [1.82, 2.24) is 36.9 Å². The summed E-state index contributed by atoms with van der Waals surface area (Å²) in [4.78, 5) is 84.1. The summed E-state index contributed by atoms with van der Waals surface area (Å²) in [6, 6.07) is -6.78. The van der Waals surface area contributed by atoms with Gasteiger partial charge in [0.05, 0.1) is 6.61 Å². The van der Waals surface area contributed by atoms with Gasteiger partial charge in [0, 0.05) is 19.6 Å². The summed E-state index contributed by atoms with van der Waals surface area (Å²) < 4.78 is 0. The smallest absolute Gasteiger partial charge is 0.335 e. The summed E-state index contributed by atoms with van der Waals surface area (Å²) in [6.45, 7) is -1.15. The average Bonchev–Trinajstić information content (AvgIpc) is 2.98. The number of aliphatic hydroxyl groups excluding tert-OH is 2. The van der Waals surface area contributed by atoms with Crippen LogP contribution in [0.1, 0.15) is 38.5 Å². The number of carboxylic acid groups (broad SMARTS) is 1. The van der Waals surface area contributed by atoms with E-state index >= 15 is 0 Å². The number of carboxylic acids is 1. The zero-order chi connectivity index (χ0) is 33.7. The highest BCUT2D eigenvalue weighted by Gasteiger charge is 2.37. The molecule has 0 bridgehead atoms. The van der Waals surface area contributed by atoms with E-state index in [0.717, 1.165) is 0 Å². The number of hydrogen-bond acceptors (Lipinski definition) is 14. The first-order valence-corrected chi connectivity index (χ1v) is 13.5. The topological polar surface area (TPSA) is 336 Å². The first kappa shape index (κ1) is 40.0. The molecule has 0 rings (SSSR count).